The molecule has 0 aliphatic heterocycles. The largest absolute Gasteiger partial charge is 0.459 e. The van der Waals surface area contributed by atoms with E-state index in [1.165, 1.54) is 5.56 Å². The minimum Gasteiger partial charge on any atom is -0.459 e. The van der Waals surface area contributed by atoms with Crippen LogP contribution >= 0.6 is 0 Å². The van der Waals surface area contributed by atoms with Crippen molar-refractivity contribution in [1.82, 2.24) is 10.2 Å². The van der Waals surface area contributed by atoms with Crippen LogP contribution in [0, 0.1) is 0 Å². The minimum absolute atomic E-state index is 0.612. The lowest BCUT2D eigenvalue weighted by Gasteiger charge is -2.21. The van der Waals surface area contributed by atoms with E-state index in [-0.39, 0.29) is 0 Å². The van der Waals surface area contributed by atoms with E-state index in [2.05, 4.69) is 39.5 Å². The number of hydrogen-bond donors (Lipinski definition) is 1. The summed E-state index contributed by atoms with van der Waals surface area (Å²) in [7, 11) is 3.82. The van der Waals surface area contributed by atoms with Crippen LogP contribution in [0.2, 0.25) is 0 Å². The van der Waals surface area contributed by atoms with Crippen LogP contribution in [0.3, 0.4) is 0 Å². The Bertz CT molecular complexity index is 759. The van der Waals surface area contributed by atoms with Gasteiger partial charge in [-0.25, -0.2) is 0 Å². The summed E-state index contributed by atoms with van der Waals surface area (Å²) in [5, 5.41) is 4.47. The SMILES string of the molecule is CN=C(NCc1cc2ccccc2o1)N(C)Cc1ccccc1. The van der Waals surface area contributed by atoms with Gasteiger partial charge in [0.2, 0.25) is 0 Å². The summed E-state index contributed by atoms with van der Waals surface area (Å²) in [6.45, 7) is 1.42. The first-order chi connectivity index (χ1) is 11.3. The summed E-state index contributed by atoms with van der Waals surface area (Å²) < 4.78 is 5.82. The third-order valence-corrected chi connectivity index (χ3v) is 3.73. The lowest BCUT2D eigenvalue weighted by Crippen LogP contribution is -2.37. The Morgan fingerprint density at radius 2 is 1.83 bits per heavy atom. The van der Waals surface area contributed by atoms with E-state index in [1.807, 2.05) is 43.4 Å². The average Bonchev–Trinajstić information content (AvgIpc) is 2.99. The zero-order valence-corrected chi connectivity index (χ0v) is 13.5. The average molecular weight is 307 g/mol. The first kappa shape index (κ1) is 15.2. The van der Waals surface area contributed by atoms with Crippen LogP contribution in [0.25, 0.3) is 11.0 Å². The molecule has 0 saturated heterocycles. The van der Waals surface area contributed by atoms with Crippen molar-refractivity contribution in [3.63, 3.8) is 0 Å². The molecule has 4 nitrogen and oxygen atoms in total. The number of guanidine groups is 1. The van der Waals surface area contributed by atoms with Gasteiger partial charge >= 0.3 is 0 Å². The third-order valence-electron chi connectivity index (χ3n) is 3.73. The van der Waals surface area contributed by atoms with E-state index in [0.29, 0.717) is 6.54 Å². The first-order valence-electron chi connectivity index (χ1n) is 7.69. The monoisotopic (exact) mass is 307 g/mol. The molecule has 1 N–H and O–H groups in total. The van der Waals surface area contributed by atoms with Gasteiger partial charge in [-0.1, -0.05) is 48.5 Å². The summed E-state index contributed by atoms with van der Waals surface area (Å²) in [5.41, 5.74) is 2.17. The molecule has 0 bridgehead atoms. The number of rotatable bonds is 4. The maximum Gasteiger partial charge on any atom is 0.194 e. The molecule has 0 amide bonds. The van der Waals surface area contributed by atoms with Gasteiger partial charge < -0.3 is 14.6 Å². The summed E-state index contributed by atoms with van der Waals surface area (Å²) in [6, 6.07) is 20.4. The normalized spacial score (nSPS) is 11.7. The second kappa shape index (κ2) is 7.01. The number of nitrogens with zero attached hydrogens (tertiary/aromatic N) is 2. The van der Waals surface area contributed by atoms with Gasteiger partial charge in [0.15, 0.2) is 5.96 Å². The van der Waals surface area contributed by atoms with Gasteiger partial charge in [-0.05, 0) is 17.7 Å². The van der Waals surface area contributed by atoms with Crippen LogP contribution < -0.4 is 5.32 Å². The number of furan rings is 1. The molecule has 118 valence electrons. The molecule has 2 aromatic carbocycles. The number of benzene rings is 2. The molecule has 1 aromatic heterocycles. The molecule has 0 aliphatic rings. The fourth-order valence-electron chi connectivity index (χ4n) is 2.61. The highest BCUT2D eigenvalue weighted by Gasteiger charge is 2.08. The molecule has 0 atom stereocenters. The maximum absolute atomic E-state index is 5.82. The van der Waals surface area contributed by atoms with Crippen LogP contribution in [0.4, 0.5) is 0 Å². The van der Waals surface area contributed by atoms with Crippen molar-refractivity contribution in [3.05, 3.63) is 72.0 Å². The van der Waals surface area contributed by atoms with Gasteiger partial charge in [0.25, 0.3) is 0 Å². The Kier molecular flexibility index (Phi) is 4.62. The van der Waals surface area contributed by atoms with Crippen molar-refractivity contribution < 1.29 is 4.42 Å². The highest BCUT2D eigenvalue weighted by Crippen LogP contribution is 2.18. The lowest BCUT2D eigenvalue weighted by atomic mass is 10.2. The van der Waals surface area contributed by atoms with E-state index < -0.39 is 0 Å². The predicted octanol–water partition coefficient (Wildman–Crippen LogP) is 3.64. The Labute approximate surface area is 136 Å². The standard InChI is InChI=1S/C19H21N3O/c1-20-19(22(2)14-15-8-4-3-5-9-15)21-13-17-12-16-10-6-7-11-18(16)23-17/h3-12H,13-14H2,1-2H3,(H,20,21). The fraction of sp³-hybridized carbons (Fsp3) is 0.211. The van der Waals surface area contributed by atoms with Crippen LogP contribution in [-0.2, 0) is 13.1 Å². The first-order valence-corrected chi connectivity index (χ1v) is 7.69. The molecule has 3 rings (SSSR count). The van der Waals surface area contributed by atoms with Crippen molar-refractivity contribution in [2.75, 3.05) is 14.1 Å². The van der Waals surface area contributed by atoms with E-state index in [9.17, 15) is 0 Å². The Morgan fingerprint density at radius 1 is 1.09 bits per heavy atom. The second-order valence-corrected chi connectivity index (χ2v) is 5.49. The Hall–Kier alpha value is -2.75. The molecule has 0 fully saturated rings. The Morgan fingerprint density at radius 3 is 2.57 bits per heavy atom. The van der Waals surface area contributed by atoms with E-state index >= 15 is 0 Å². The van der Waals surface area contributed by atoms with Crippen molar-refractivity contribution in [2.24, 2.45) is 4.99 Å². The zero-order chi connectivity index (χ0) is 16.1. The van der Waals surface area contributed by atoms with Crippen LogP contribution in [-0.4, -0.2) is 25.0 Å². The lowest BCUT2D eigenvalue weighted by molar-refractivity contribution is 0.466. The third kappa shape index (κ3) is 3.72. The summed E-state index contributed by atoms with van der Waals surface area (Å²) in [6.07, 6.45) is 0. The molecule has 0 aliphatic carbocycles. The van der Waals surface area contributed by atoms with Gasteiger partial charge in [0, 0.05) is 26.0 Å². The molecule has 1 heterocycles. The highest BCUT2D eigenvalue weighted by molar-refractivity contribution is 5.80. The Balaban J connectivity index is 1.63. The van der Waals surface area contributed by atoms with Crippen molar-refractivity contribution >= 4 is 16.9 Å². The quantitative estimate of drug-likeness (QED) is 0.591. The summed E-state index contributed by atoms with van der Waals surface area (Å²) in [4.78, 5) is 6.44. The molecule has 3 aromatic rings. The topological polar surface area (TPSA) is 40.8 Å². The summed E-state index contributed by atoms with van der Waals surface area (Å²) >= 11 is 0. The second-order valence-electron chi connectivity index (χ2n) is 5.49. The maximum atomic E-state index is 5.82. The van der Waals surface area contributed by atoms with Crippen LogP contribution in [0.15, 0.2) is 70.1 Å². The van der Waals surface area contributed by atoms with E-state index in [0.717, 1.165) is 29.2 Å². The highest BCUT2D eigenvalue weighted by atomic mass is 16.3. The summed E-state index contributed by atoms with van der Waals surface area (Å²) in [5.74, 6) is 1.75. The molecule has 0 unspecified atom stereocenters. The fourth-order valence-corrected chi connectivity index (χ4v) is 2.61. The van der Waals surface area contributed by atoms with Crippen LogP contribution in [0.1, 0.15) is 11.3 Å². The molecular weight excluding hydrogens is 286 g/mol. The molecule has 0 spiro atoms. The van der Waals surface area contributed by atoms with Gasteiger partial charge in [-0.15, -0.1) is 0 Å². The number of fused-ring (bicyclic) bond motifs is 1. The smallest absolute Gasteiger partial charge is 0.194 e. The number of hydrogen-bond acceptors (Lipinski definition) is 2. The van der Waals surface area contributed by atoms with Crippen molar-refractivity contribution in [1.29, 1.82) is 0 Å². The van der Waals surface area contributed by atoms with Gasteiger partial charge in [0.05, 0.1) is 6.54 Å². The van der Waals surface area contributed by atoms with Crippen molar-refractivity contribution in [2.45, 2.75) is 13.1 Å². The van der Waals surface area contributed by atoms with E-state index in [4.69, 9.17) is 4.42 Å². The molecule has 0 saturated carbocycles. The van der Waals surface area contributed by atoms with Gasteiger partial charge in [0.1, 0.15) is 11.3 Å². The zero-order valence-electron chi connectivity index (χ0n) is 13.5. The molecular formula is C19H21N3O. The predicted molar refractivity (Wildman–Crippen MR) is 94.3 cm³/mol. The number of nitrogens with one attached hydrogen (secondary N) is 1. The molecule has 4 heteroatoms. The molecule has 23 heavy (non-hydrogen) atoms. The van der Waals surface area contributed by atoms with Gasteiger partial charge in [-0.3, -0.25) is 4.99 Å². The number of aliphatic imine (C=N–C) groups is 1. The van der Waals surface area contributed by atoms with Crippen molar-refractivity contribution in [3.8, 4) is 0 Å². The minimum atomic E-state index is 0.612. The number of para-hydroxylation sites is 1. The van der Waals surface area contributed by atoms with E-state index in [1.54, 1.807) is 7.05 Å². The van der Waals surface area contributed by atoms with Crippen LogP contribution in [0.5, 0.6) is 0 Å². The van der Waals surface area contributed by atoms with Gasteiger partial charge in [-0.2, -0.15) is 0 Å². The molecule has 0 radical (unpaired) electrons.